The maximum absolute atomic E-state index is 5.83. The number of aryl methyl sites for hydroxylation is 1. The van der Waals surface area contributed by atoms with Crippen LogP contribution in [0.15, 0.2) is 40.3 Å². The topological polar surface area (TPSA) is 61.0 Å². The van der Waals surface area contributed by atoms with Crippen molar-refractivity contribution in [2.24, 2.45) is 0 Å². The van der Waals surface area contributed by atoms with Crippen LogP contribution in [0.25, 0.3) is 10.2 Å². The number of hydrogen-bond donors (Lipinski definition) is 1. The van der Waals surface area contributed by atoms with Crippen molar-refractivity contribution in [3.05, 3.63) is 35.2 Å². The van der Waals surface area contributed by atoms with Crippen LogP contribution in [0.5, 0.6) is 5.75 Å². The molecule has 2 aromatic heterocycles. The van der Waals surface area contributed by atoms with E-state index in [4.69, 9.17) is 10.5 Å². The van der Waals surface area contributed by atoms with Crippen molar-refractivity contribution in [3.8, 4) is 5.75 Å². The van der Waals surface area contributed by atoms with Gasteiger partial charge in [0.15, 0.2) is 0 Å². The van der Waals surface area contributed by atoms with Gasteiger partial charge in [-0.1, -0.05) is 24.8 Å². The van der Waals surface area contributed by atoms with Crippen LogP contribution < -0.4 is 10.5 Å². The molecule has 3 aromatic rings. The highest BCUT2D eigenvalue weighted by Gasteiger charge is 2.12. The molecule has 0 fully saturated rings. The Morgan fingerprint density at radius 1 is 1.29 bits per heavy atom. The monoisotopic (exact) mass is 317 g/mol. The van der Waals surface area contributed by atoms with E-state index in [-0.39, 0.29) is 0 Å². The zero-order chi connectivity index (χ0) is 14.8. The SMILES string of the molecule is CCc1cc2c(Sc3cccc(OC)c3)nc(N)nc2s1. The highest BCUT2D eigenvalue weighted by molar-refractivity contribution is 7.99. The standard InChI is InChI=1S/C15H15N3OS2/c1-3-10-8-12-13(20-10)17-15(16)18-14(12)21-11-6-4-5-9(7-11)19-2/h4-8H,3H2,1-2H3,(H2,16,17,18). The molecule has 4 nitrogen and oxygen atoms in total. The normalized spacial score (nSPS) is 11.0. The van der Waals surface area contributed by atoms with Gasteiger partial charge in [0.25, 0.3) is 0 Å². The van der Waals surface area contributed by atoms with E-state index in [1.165, 1.54) is 4.88 Å². The molecule has 0 aliphatic rings. The third-order valence-corrected chi connectivity index (χ3v) is 5.20. The molecule has 0 spiro atoms. The predicted molar refractivity (Wildman–Crippen MR) is 88.3 cm³/mol. The van der Waals surface area contributed by atoms with E-state index in [1.807, 2.05) is 24.3 Å². The Bertz CT molecular complexity index is 786. The third kappa shape index (κ3) is 2.96. The Hall–Kier alpha value is -1.79. The molecule has 0 radical (unpaired) electrons. The van der Waals surface area contributed by atoms with Crippen LogP contribution in [0, 0.1) is 0 Å². The van der Waals surface area contributed by atoms with Gasteiger partial charge in [0.05, 0.1) is 7.11 Å². The molecule has 0 atom stereocenters. The summed E-state index contributed by atoms with van der Waals surface area (Å²) < 4.78 is 5.26. The number of nitrogens with zero attached hydrogens (tertiary/aromatic N) is 2. The molecular formula is C15H15N3OS2. The van der Waals surface area contributed by atoms with Crippen LogP contribution in [0.2, 0.25) is 0 Å². The van der Waals surface area contributed by atoms with Gasteiger partial charge in [-0.3, -0.25) is 0 Å². The summed E-state index contributed by atoms with van der Waals surface area (Å²) in [4.78, 5) is 12.0. The van der Waals surface area contributed by atoms with Crippen LogP contribution in [0.1, 0.15) is 11.8 Å². The Morgan fingerprint density at radius 2 is 2.14 bits per heavy atom. The number of ether oxygens (including phenoxy) is 1. The molecule has 0 aliphatic carbocycles. The quantitative estimate of drug-likeness (QED) is 0.737. The molecule has 2 N–H and O–H groups in total. The largest absolute Gasteiger partial charge is 0.497 e. The second-order valence-electron chi connectivity index (χ2n) is 4.45. The van der Waals surface area contributed by atoms with E-state index in [1.54, 1.807) is 30.2 Å². The first-order valence-corrected chi connectivity index (χ1v) is 8.20. The minimum absolute atomic E-state index is 0.317. The van der Waals surface area contributed by atoms with Crippen molar-refractivity contribution in [3.63, 3.8) is 0 Å². The van der Waals surface area contributed by atoms with Crippen molar-refractivity contribution in [1.29, 1.82) is 0 Å². The average molecular weight is 317 g/mol. The first-order chi connectivity index (χ1) is 10.2. The van der Waals surface area contributed by atoms with Crippen LogP contribution >= 0.6 is 23.1 Å². The Balaban J connectivity index is 2.04. The van der Waals surface area contributed by atoms with Gasteiger partial charge >= 0.3 is 0 Å². The lowest BCUT2D eigenvalue weighted by Crippen LogP contribution is -1.95. The number of hydrogen-bond acceptors (Lipinski definition) is 6. The van der Waals surface area contributed by atoms with Gasteiger partial charge in [0.1, 0.15) is 15.6 Å². The van der Waals surface area contributed by atoms with E-state index in [2.05, 4.69) is 23.0 Å². The van der Waals surface area contributed by atoms with Crippen molar-refractivity contribution >= 4 is 39.3 Å². The molecule has 3 rings (SSSR count). The molecule has 6 heteroatoms. The lowest BCUT2D eigenvalue weighted by molar-refractivity contribution is 0.413. The Kier molecular flexibility index (Phi) is 3.98. The van der Waals surface area contributed by atoms with Gasteiger partial charge in [-0.2, -0.15) is 0 Å². The summed E-state index contributed by atoms with van der Waals surface area (Å²) in [5.41, 5.74) is 5.83. The van der Waals surface area contributed by atoms with Gasteiger partial charge in [0, 0.05) is 15.2 Å². The minimum Gasteiger partial charge on any atom is -0.497 e. The zero-order valence-electron chi connectivity index (χ0n) is 11.8. The third-order valence-electron chi connectivity index (χ3n) is 3.03. The summed E-state index contributed by atoms with van der Waals surface area (Å²) in [6, 6.07) is 10.1. The molecule has 21 heavy (non-hydrogen) atoms. The molecule has 0 unspecified atom stereocenters. The second-order valence-corrected chi connectivity index (χ2v) is 6.63. The fraction of sp³-hybridized carbons (Fsp3) is 0.200. The van der Waals surface area contributed by atoms with Crippen LogP contribution in [-0.4, -0.2) is 17.1 Å². The van der Waals surface area contributed by atoms with Crippen LogP contribution in [-0.2, 0) is 6.42 Å². The van der Waals surface area contributed by atoms with E-state index >= 15 is 0 Å². The van der Waals surface area contributed by atoms with Crippen molar-refractivity contribution < 1.29 is 4.74 Å². The highest BCUT2D eigenvalue weighted by Crippen LogP contribution is 2.36. The second kappa shape index (κ2) is 5.91. The number of nitrogen functional groups attached to an aromatic ring is 1. The molecule has 0 bridgehead atoms. The van der Waals surface area contributed by atoms with E-state index < -0.39 is 0 Å². The Labute approximate surface area is 131 Å². The summed E-state index contributed by atoms with van der Waals surface area (Å²) in [5.74, 6) is 1.15. The fourth-order valence-electron chi connectivity index (χ4n) is 1.99. The molecule has 0 saturated carbocycles. The maximum atomic E-state index is 5.83. The molecule has 0 saturated heterocycles. The highest BCUT2D eigenvalue weighted by atomic mass is 32.2. The van der Waals surface area contributed by atoms with Crippen LogP contribution in [0.4, 0.5) is 5.95 Å². The van der Waals surface area contributed by atoms with E-state index in [0.717, 1.165) is 32.3 Å². The molecule has 108 valence electrons. The summed E-state index contributed by atoms with van der Waals surface area (Å²) >= 11 is 3.25. The smallest absolute Gasteiger partial charge is 0.222 e. The number of aromatic nitrogens is 2. The molecular weight excluding hydrogens is 302 g/mol. The number of rotatable bonds is 4. The number of thiophene rings is 1. The van der Waals surface area contributed by atoms with Crippen LogP contribution in [0.3, 0.4) is 0 Å². The Morgan fingerprint density at radius 3 is 2.90 bits per heavy atom. The number of nitrogens with two attached hydrogens (primary N) is 1. The first-order valence-electron chi connectivity index (χ1n) is 6.57. The number of methoxy groups -OCH3 is 1. The lowest BCUT2D eigenvalue weighted by atomic mass is 10.3. The molecule has 1 aromatic carbocycles. The van der Waals surface area contributed by atoms with E-state index in [9.17, 15) is 0 Å². The fourth-order valence-corrected chi connectivity index (χ4v) is 3.98. The van der Waals surface area contributed by atoms with Gasteiger partial charge in [-0.15, -0.1) is 11.3 Å². The first kappa shape index (κ1) is 14.2. The van der Waals surface area contributed by atoms with Gasteiger partial charge in [-0.05, 0) is 30.7 Å². The van der Waals surface area contributed by atoms with Gasteiger partial charge < -0.3 is 10.5 Å². The number of benzene rings is 1. The van der Waals surface area contributed by atoms with Gasteiger partial charge in [0.2, 0.25) is 5.95 Å². The summed E-state index contributed by atoms with van der Waals surface area (Å²) in [5, 5.41) is 1.96. The van der Waals surface area contributed by atoms with Crippen molar-refractivity contribution in [1.82, 2.24) is 9.97 Å². The predicted octanol–water partition coefficient (Wildman–Crippen LogP) is 4.00. The zero-order valence-corrected chi connectivity index (χ0v) is 13.4. The summed E-state index contributed by atoms with van der Waals surface area (Å²) in [7, 11) is 1.66. The number of fused-ring (bicyclic) bond motifs is 1. The molecule has 2 heterocycles. The minimum atomic E-state index is 0.317. The maximum Gasteiger partial charge on any atom is 0.222 e. The summed E-state index contributed by atoms with van der Waals surface area (Å²) in [6.07, 6.45) is 0.990. The number of anilines is 1. The van der Waals surface area contributed by atoms with Crippen molar-refractivity contribution in [2.75, 3.05) is 12.8 Å². The van der Waals surface area contributed by atoms with Gasteiger partial charge in [-0.25, -0.2) is 9.97 Å². The average Bonchev–Trinajstić information content (AvgIpc) is 2.90. The van der Waals surface area contributed by atoms with E-state index in [0.29, 0.717) is 5.95 Å². The lowest BCUT2D eigenvalue weighted by Gasteiger charge is -2.05. The summed E-state index contributed by atoms with van der Waals surface area (Å²) in [6.45, 7) is 2.14. The molecule has 0 aliphatic heterocycles. The van der Waals surface area contributed by atoms with Crippen molar-refractivity contribution in [2.45, 2.75) is 23.3 Å². The molecule has 0 amide bonds.